The van der Waals surface area contributed by atoms with Crippen molar-refractivity contribution in [2.24, 2.45) is 0 Å². The van der Waals surface area contributed by atoms with Crippen molar-refractivity contribution in [3.8, 4) is 17.1 Å². The molecule has 10 nitrogen and oxygen atoms in total. The molecule has 1 atom stereocenters. The lowest BCUT2D eigenvalue weighted by molar-refractivity contribution is -0.0589. The summed E-state index contributed by atoms with van der Waals surface area (Å²) < 4.78 is 51.5. The SMILES string of the molecule is O=C(O)c1ccc2nc(Cc3cc(F)c(-c4cccc(OCc5cc6n(n5)CCOC6)n4)cc3F)n(C[C@@H]3CCO3)c2c1. The number of carboxylic acids is 1. The Labute approximate surface area is 244 Å². The van der Waals surface area contributed by atoms with Crippen LogP contribution in [-0.4, -0.2) is 54.7 Å². The number of halogens is 2. The lowest BCUT2D eigenvalue weighted by Gasteiger charge is -2.27. The van der Waals surface area contributed by atoms with Crippen LogP contribution in [0.4, 0.5) is 8.78 Å². The zero-order valence-electron chi connectivity index (χ0n) is 23.0. The highest BCUT2D eigenvalue weighted by molar-refractivity contribution is 5.92. The second-order valence-corrected chi connectivity index (χ2v) is 10.6. The van der Waals surface area contributed by atoms with E-state index in [0.29, 0.717) is 49.8 Å². The van der Waals surface area contributed by atoms with Gasteiger partial charge in [0.1, 0.15) is 29.8 Å². The fraction of sp³-hybridized carbons (Fsp3) is 0.290. The summed E-state index contributed by atoms with van der Waals surface area (Å²) in [5.41, 5.74) is 3.34. The molecule has 2 aliphatic heterocycles. The summed E-state index contributed by atoms with van der Waals surface area (Å²) in [6, 6.07) is 13.8. The molecule has 43 heavy (non-hydrogen) atoms. The van der Waals surface area contributed by atoms with E-state index in [-0.39, 0.29) is 47.4 Å². The molecule has 1 N–H and O–H groups in total. The van der Waals surface area contributed by atoms with Gasteiger partial charge in [-0.1, -0.05) is 6.07 Å². The van der Waals surface area contributed by atoms with Gasteiger partial charge < -0.3 is 23.9 Å². The number of nitrogens with zero attached hydrogens (tertiary/aromatic N) is 5. The van der Waals surface area contributed by atoms with Crippen molar-refractivity contribution in [1.29, 1.82) is 0 Å². The number of hydrogen-bond acceptors (Lipinski definition) is 7. The van der Waals surface area contributed by atoms with Crippen LogP contribution < -0.4 is 4.74 Å². The van der Waals surface area contributed by atoms with Gasteiger partial charge in [-0.2, -0.15) is 5.10 Å². The van der Waals surface area contributed by atoms with Crippen LogP contribution in [0, 0.1) is 11.6 Å². The van der Waals surface area contributed by atoms with Crippen LogP contribution in [0.5, 0.6) is 5.88 Å². The number of carboxylic acid groups (broad SMARTS) is 1. The van der Waals surface area contributed by atoms with Crippen LogP contribution in [0.2, 0.25) is 0 Å². The van der Waals surface area contributed by atoms with Gasteiger partial charge >= 0.3 is 5.97 Å². The summed E-state index contributed by atoms with van der Waals surface area (Å²) in [6.45, 7) is 3.05. The Morgan fingerprint density at radius 1 is 1.07 bits per heavy atom. The predicted octanol–water partition coefficient (Wildman–Crippen LogP) is 4.76. The molecular weight excluding hydrogens is 560 g/mol. The van der Waals surface area contributed by atoms with Crippen molar-refractivity contribution in [2.75, 3.05) is 13.2 Å². The second kappa shape index (κ2) is 11.2. The minimum Gasteiger partial charge on any atom is -0.478 e. The largest absolute Gasteiger partial charge is 0.478 e. The molecule has 0 unspecified atom stereocenters. The molecule has 1 fully saturated rings. The molecule has 2 aliphatic rings. The maximum atomic E-state index is 15.5. The van der Waals surface area contributed by atoms with E-state index in [4.69, 9.17) is 14.2 Å². The van der Waals surface area contributed by atoms with Gasteiger partial charge in [-0.15, -0.1) is 0 Å². The van der Waals surface area contributed by atoms with E-state index < -0.39 is 17.6 Å². The highest BCUT2D eigenvalue weighted by Crippen LogP contribution is 2.29. The molecule has 12 heteroatoms. The zero-order chi connectivity index (χ0) is 29.5. The number of pyridine rings is 1. The number of hydrogen-bond donors (Lipinski definition) is 1. The third-order valence-corrected chi connectivity index (χ3v) is 7.72. The number of carbonyl (C=O) groups is 1. The Bertz CT molecular complexity index is 1820. The van der Waals surface area contributed by atoms with E-state index in [9.17, 15) is 9.90 Å². The number of fused-ring (bicyclic) bond motifs is 2. The Balaban J connectivity index is 1.13. The number of rotatable bonds is 9. The standard InChI is InChI=1S/C31H27F2N5O5/c32-24-14-23(26-2-1-3-30(35-26)43-16-20-13-21-17-41-9-7-38(21)36-20)25(33)10-19(24)12-29-34-27-5-4-18(31(39)40)11-28(27)37(29)15-22-6-8-42-22/h1-5,10-11,13-14,22H,6-9,12,15-17H2,(H,39,40)/t22-/m0/s1. The van der Waals surface area contributed by atoms with Crippen molar-refractivity contribution in [1.82, 2.24) is 24.3 Å². The fourth-order valence-electron chi connectivity index (χ4n) is 5.38. The van der Waals surface area contributed by atoms with E-state index in [2.05, 4.69) is 15.1 Å². The van der Waals surface area contributed by atoms with Crippen LogP contribution in [0.15, 0.2) is 54.6 Å². The molecule has 0 saturated carbocycles. The Morgan fingerprint density at radius 2 is 1.95 bits per heavy atom. The van der Waals surface area contributed by atoms with Gasteiger partial charge in [0.25, 0.3) is 0 Å². The smallest absolute Gasteiger partial charge is 0.335 e. The number of aromatic carboxylic acids is 1. The van der Waals surface area contributed by atoms with Crippen molar-refractivity contribution < 1.29 is 32.9 Å². The molecule has 0 amide bonds. The summed E-state index contributed by atoms with van der Waals surface area (Å²) in [7, 11) is 0. The Morgan fingerprint density at radius 3 is 2.74 bits per heavy atom. The summed E-state index contributed by atoms with van der Waals surface area (Å²) >= 11 is 0. The summed E-state index contributed by atoms with van der Waals surface area (Å²) in [6.07, 6.45) is 0.801. The minimum atomic E-state index is -1.06. The number of ether oxygens (including phenoxy) is 3. The first-order valence-corrected chi connectivity index (χ1v) is 14.0. The number of benzene rings is 2. The monoisotopic (exact) mass is 587 g/mol. The molecule has 2 aromatic carbocycles. The van der Waals surface area contributed by atoms with Gasteiger partial charge in [0.15, 0.2) is 0 Å². The lowest BCUT2D eigenvalue weighted by Crippen LogP contribution is -2.31. The van der Waals surface area contributed by atoms with Crippen LogP contribution >= 0.6 is 0 Å². The molecule has 1 saturated heterocycles. The van der Waals surface area contributed by atoms with E-state index in [0.717, 1.165) is 29.9 Å². The van der Waals surface area contributed by atoms with E-state index >= 15 is 8.78 Å². The first kappa shape index (κ1) is 27.2. The third kappa shape index (κ3) is 5.46. The van der Waals surface area contributed by atoms with Crippen LogP contribution in [0.3, 0.4) is 0 Å². The van der Waals surface area contributed by atoms with Crippen LogP contribution in [-0.2, 0) is 42.2 Å². The fourth-order valence-corrected chi connectivity index (χ4v) is 5.38. The lowest BCUT2D eigenvalue weighted by atomic mass is 10.0. The van der Waals surface area contributed by atoms with E-state index in [1.807, 2.05) is 15.3 Å². The highest BCUT2D eigenvalue weighted by atomic mass is 19.1. The van der Waals surface area contributed by atoms with Gasteiger partial charge in [-0.25, -0.2) is 23.5 Å². The summed E-state index contributed by atoms with van der Waals surface area (Å²) in [5, 5.41) is 14.0. The van der Waals surface area contributed by atoms with Crippen molar-refractivity contribution in [3.05, 3.63) is 94.6 Å². The zero-order valence-corrected chi connectivity index (χ0v) is 23.0. The van der Waals surface area contributed by atoms with Gasteiger partial charge in [0.2, 0.25) is 5.88 Å². The van der Waals surface area contributed by atoms with Gasteiger partial charge in [0.05, 0.1) is 60.4 Å². The number of imidazole rings is 1. The van der Waals surface area contributed by atoms with E-state index in [1.165, 1.54) is 6.07 Å². The molecule has 220 valence electrons. The normalized spacial score (nSPS) is 16.2. The molecule has 5 aromatic rings. The molecule has 0 spiro atoms. The Kier molecular flexibility index (Phi) is 7.07. The minimum absolute atomic E-state index is 0.00307. The maximum absolute atomic E-state index is 15.5. The van der Waals surface area contributed by atoms with E-state index in [1.54, 1.807) is 30.3 Å². The van der Waals surface area contributed by atoms with Crippen LogP contribution in [0.1, 0.15) is 39.6 Å². The molecule has 3 aromatic heterocycles. The molecule has 0 radical (unpaired) electrons. The second-order valence-electron chi connectivity index (χ2n) is 10.6. The quantitative estimate of drug-likeness (QED) is 0.263. The molecule has 0 bridgehead atoms. The average molecular weight is 588 g/mol. The maximum Gasteiger partial charge on any atom is 0.335 e. The van der Waals surface area contributed by atoms with Gasteiger partial charge in [-0.3, -0.25) is 4.68 Å². The van der Waals surface area contributed by atoms with Crippen molar-refractivity contribution in [3.63, 3.8) is 0 Å². The van der Waals surface area contributed by atoms with Gasteiger partial charge in [0, 0.05) is 24.7 Å². The molecule has 5 heterocycles. The first-order chi connectivity index (χ1) is 20.9. The average Bonchev–Trinajstić information content (AvgIpc) is 3.55. The third-order valence-electron chi connectivity index (χ3n) is 7.72. The highest BCUT2D eigenvalue weighted by Gasteiger charge is 2.24. The predicted molar refractivity (Wildman–Crippen MR) is 150 cm³/mol. The van der Waals surface area contributed by atoms with Crippen molar-refractivity contribution in [2.45, 2.75) is 45.2 Å². The molecule has 0 aliphatic carbocycles. The van der Waals surface area contributed by atoms with Crippen LogP contribution in [0.25, 0.3) is 22.3 Å². The Hall–Kier alpha value is -4.68. The molecule has 7 rings (SSSR count). The first-order valence-electron chi connectivity index (χ1n) is 14.0. The summed E-state index contributed by atoms with van der Waals surface area (Å²) in [5.74, 6) is -1.56. The summed E-state index contributed by atoms with van der Waals surface area (Å²) in [4.78, 5) is 20.6. The number of aromatic nitrogens is 5. The topological polar surface area (TPSA) is 114 Å². The van der Waals surface area contributed by atoms with Crippen molar-refractivity contribution >= 4 is 17.0 Å². The van der Waals surface area contributed by atoms with Gasteiger partial charge in [-0.05, 0) is 54.4 Å². The molecular formula is C31H27F2N5O5.